The minimum atomic E-state index is -0.192. The van der Waals surface area contributed by atoms with Crippen molar-refractivity contribution in [3.8, 4) is 0 Å². The highest BCUT2D eigenvalue weighted by atomic mass is 16.1. The third kappa shape index (κ3) is 4.44. The van der Waals surface area contributed by atoms with Crippen LogP contribution >= 0.6 is 0 Å². The summed E-state index contributed by atoms with van der Waals surface area (Å²) in [5.41, 5.74) is 17.6. The molecule has 162 valence electrons. The first kappa shape index (κ1) is 21.0. The Morgan fingerprint density at radius 2 is 1.75 bits per heavy atom. The van der Waals surface area contributed by atoms with Gasteiger partial charge in [0.05, 0.1) is 18.3 Å². The molecule has 0 fully saturated rings. The summed E-state index contributed by atoms with van der Waals surface area (Å²) in [6.45, 7) is 4.44. The van der Waals surface area contributed by atoms with E-state index < -0.39 is 0 Å². The van der Waals surface area contributed by atoms with E-state index in [1.807, 2.05) is 67.9 Å². The van der Waals surface area contributed by atoms with Crippen LogP contribution in [0.15, 0.2) is 54.6 Å². The van der Waals surface area contributed by atoms with Crippen LogP contribution in [0.25, 0.3) is 10.9 Å². The average molecular weight is 429 g/mol. The molecule has 32 heavy (non-hydrogen) atoms. The largest absolute Gasteiger partial charge is 0.398 e. The molecule has 0 aliphatic rings. The summed E-state index contributed by atoms with van der Waals surface area (Å²) in [6, 6.07) is 16.7. The Kier molecular flexibility index (Phi) is 5.59. The number of hydrogen-bond donors (Lipinski definition) is 4. The van der Waals surface area contributed by atoms with Crippen molar-refractivity contribution in [1.29, 1.82) is 0 Å². The third-order valence-electron chi connectivity index (χ3n) is 5.37. The molecule has 0 atom stereocenters. The van der Waals surface area contributed by atoms with E-state index >= 15 is 0 Å². The molecule has 6 N–H and O–H groups in total. The van der Waals surface area contributed by atoms with Gasteiger partial charge in [-0.2, -0.15) is 0 Å². The smallest absolute Gasteiger partial charge is 0.391 e. The fraction of sp³-hybridized carbons (Fsp3) is 0.167. The number of nitrogens with two attached hydrogens (primary N) is 2. The van der Waals surface area contributed by atoms with Crippen LogP contribution in [0.1, 0.15) is 27.3 Å². The van der Waals surface area contributed by atoms with Gasteiger partial charge in [0.2, 0.25) is 5.82 Å². The van der Waals surface area contributed by atoms with E-state index in [2.05, 4.69) is 20.6 Å². The zero-order valence-electron chi connectivity index (χ0n) is 18.3. The van der Waals surface area contributed by atoms with Gasteiger partial charge in [-0.05, 0) is 55.8 Å². The molecular weight excluding hydrogens is 402 g/mol. The molecule has 8 nitrogen and oxygen atoms in total. The fourth-order valence-corrected chi connectivity index (χ4v) is 3.43. The van der Waals surface area contributed by atoms with Crippen molar-refractivity contribution in [3.63, 3.8) is 0 Å². The number of benzene rings is 2. The van der Waals surface area contributed by atoms with Gasteiger partial charge in [0.1, 0.15) is 0 Å². The van der Waals surface area contributed by atoms with Crippen LogP contribution in [0.2, 0.25) is 0 Å². The van der Waals surface area contributed by atoms with Gasteiger partial charge in [0, 0.05) is 40.6 Å². The number of aryl methyl sites for hydroxylation is 2. The van der Waals surface area contributed by atoms with E-state index in [-0.39, 0.29) is 5.91 Å². The third-order valence-corrected chi connectivity index (χ3v) is 5.37. The Morgan fingerprint density at radius 3 is 2.47 bits per heavy atom. The van der Waals surface area contributed by atoms with E-state index in [0.29, 0.717) is 35.2 Å². The number of nitrogens with one attached hydrogen (secondary N) is 2. The Labute approximate surface area is 186 Å². The topological polar surface area (TPSA) is 123 Å². The molecule has 0 bridgehead atoms. The summed E-state index contributed by atoms with van der Waals surface area (Å²) in [5, 5.41) is 7.00. The van der Waals surface area contributed by atoms with Crippen molar-refractivity contribution >= 4 is 40.0 Å². The summed E-state index contributed by atoms with van der Waals surface area (Å²) in [6.07, 6.45) is 0. The number of rotatable bonds is 5. The molecule has 2 aromatic carbocycles. The summed E-state index contributed by atoms with van der Waals surface area (Å²) in [5.74, 6) is 0.962. The molecule has 2 aromatic heterocycles. The van der Waals surface area contributed by atoms with E-state index in [1.54, 1.807) is 12.1 Å². The van der Waals surface area contributed by atoms with Crippen molar-refractivity contribution in [2.24, 2.45) is 7.05 Å². The highest BCUT2D eigenvalue weighted by molar-refractivity contribution is 6.05. The molecule has 0 radical (unpaired) electrons. The summed E-state index contributed by atoms with van der Waals surface area (Å²) in [4.78, 5) is 21.5. The van der Waals surface area contributed by atoms with Crippen molar-refractivity contribution in [3.05, 3.63) is 77.1 Å². The molecule has 0 aliphatic carbocycles. The highest BCUT2D eigenvalue weighted by Gasteiger charge is 2.11. The van der Waals surface area contributed by atoms with Gasteiger partial charge in [0.25, 0.3) is 5.91 Å². The molecule has 0 spiro atoms. The van der Waals surface area contributed by atoms with Crippen LogP contribution in [0, 0.1) is 13.8 Å². The molecule has 4 rings (SSSR count). The first-order chi connectivity index (χ1) is 15.3. The minimum Gasteiger partial charge on any atom is -0.398 e. The molecular formula is C24H26N7O+. The van der Waals surface area contributed by atoms with E-state index in [0.717, 1.165) is 27.9 Å². The second kappa shape index (κ2) is 8.50. The number of fused-ring (bicyclic) bond motifs is 1. The lowest BCUT2D eigenvalue weighted by Gasteiger charge is -2.09. The Bertz CT molecular complexity index is 1290. The maximum atomic E-state index is 12.7. The van der Waals surface area contributed by atoms with Crippen molar-refractivity contribution < 1.29 is 9.36 Å². The summed E-state index contributed by atoms with van der Waals surface area (Å²) in [7, 11) is 1.87. The monoisotopic (exact) mass is 428 g/mol. The highest BCUT2D eigenvalue weighted by Crippen LogP contribution is 2.24. The zero-order chi connectivity index (χ0) is 22.8. The number of anilines is 4. The molecule has 1 amide bonds. The maximum Gasteiger partial charge on any atom is 0.391 e. The van der Waals surface area contributed by atoms with Crippen molar-refractivity contribution in [2.45, 2.75) is 20.4 Å². The lowest BCUT2D eigenvalue weighted by Crippen LogP contribution is -2.37. The lowest BCUT2D eigenvalue weighted by atomic mass is 10.1. The normalized spacial score (nSPS) is 10.8. The quantitative estimate of drug-likeness (QED) is 0.362. The van der Waals surface area contributed by atoms with Gasteiger partial charge in [0.15, 0.2) is 0 Å². The Morgan fingerprint density at radius 1 is 1.00 bits per heavy atom. The number of carbonyl (C=O) groups excluding carboxylic acids is 1. The molecule has 2 heterocycles. The number of carbonyl (C=O) groups is 1. The summed E-state index contributed by atoms with van der Waals surface area (Å²) >= 11 is 0. The minimum absolute atomic E-state index is 0.192. The molecule has 0 saturated carbocycles. The van der Waals surface area contributed by atoms with Crippen molar-refractivity contribution in [2.75, 3.05) is 22.1 Å². The molecule has 0 saturated heterocycles. The summed E-state index contributed by atoms with van der Waals surface area (Å²) < 4.78 is 1.82. The van der Waals surface area contributed by atoms with Gasteiger partial charge >= 0.3 is 5.95 Å². The van der Waals surface area contributed by atoms with Gasteiger partial charge in [-0.15, -0.1) is 0 Å². The maximum absolute atomic E-state index is 12.7. The second-order valence-electron chi connectivity index (χ2n) is 7.79. The molecule has 4 aromatic rings. The predicted molar refractivity (Wildman–Crippen MR) is 127 cm³/mol. The van der Waals surface area contributed by atoms with Crippen LogP contribution < -0.4 is 26.7 Å². The van der Waals surface area contributed by atoms with Crippen LogP contribution in [-0.2, 0) is 13.6 Å². The number of nitrogens with zero attached hydrogens (tertiary/aromatic N) is 3. The number of pyridine rings is 1. The number of nitrogen functional groups attached to an aromatic ring is 2. The van der Waals surface area contributed by atoms with Gasteiger partial charge < -0.3 is 16.4 Å². The fourth-order valence-electron chi connectivity index (χ4n) is 3.43. The molecule has 0 unspecified atom stereocenters. The van der Waals surface area contributed by atoms with Crippen LogP contribution in [0.5, 0.6) is 0 Å². The standard InChI is InChI=1S/C24H25N7O/c1-14-10-20(25)19-12-18(8-9-21(19)28-14)29-23(32)17-6-4-16(5-7-17)13-27-22-11-15(2)31(3)24(26)30-22/h4-12H,13H2,1-3H3,(H5,25,26,27,28,29,30,32)/p+1. The molecule has 8 heteroatoms. The van der Waals surface area contributed by atoms with Gasteiger partial charge in [-0.25, -0.2) is 4.57 Å². The van der Waals surface area contributed by atoms with E-state index in [4.69, 9.17) is 11.5 Å². The van der Waals surface area contributed by atoms with Gasteiger partial charge in [-0.1, -0.05) is 17.1 Å². The van der Waals surface area contributed by atoms with E-state index in [9.17, 15) is 4.79 Å². The first-order valence-corrected chi connectivity index (χ1v) is 10.2. The van der Waals surface area contributed by atoms with Crippen molar-refractivity contribution in [1.82, 2.24) is 9.97 Å². The first-order valence-electron chi connectivity index (χ1n) is 10.2. The Balaban J connectivity index is 1.42. The predicted octanol–water partition coefficient (Wildman–Crippen LogP) is 3.10. The average Bonchev–Trinajstić information content (AvgIpc) is 2.76. The van der Waals surface area contributed by atoms with Crippen LogP contribution in [0.4, 0.5) is 23.1 Å². The number of aromatic nitrogens is 3. The lowest BCUT2D eigenvalue weighted by molar-refractivity contribution is -0.665. The number of amides is 1. The molecule has 0 aliphatic heterocycles. The second-order valence-corrected chi connectivity index (χ2v) is 7.79. The SMILES string of the molecule is Cc1cc(N)c2cc(NC(=O)c3ccc(CNc4cc(C)[n+](C)c(N)n4)cc3)ccc2n1. The van der Waals surface area contributed by atoms with Crippen LogP contribution in [-0.4, -0.2) is 15.9 Å². The van der Waals surface area contributed by atoms with Gasteiger partial charge in [-0.3, -0.25) is 15.5 Å². The Hall–Kier alpha value is -4.20. The zero-order valence-corrected chi connectivity index (χ0v) is 18.3. The number of hydrogen-bond acceptors (Lipinski definition) is 6. The van der Waals surface area contributed by atoms with E-state index in [1.165, 1.54) is 0 Å². The van der Waals surface area contributed by atoms with Crippen LogP contribution in [0.3, 0.4) is 0 Å².